The third-order valence-electron chi connectivity index (χ3n) is 2.31. The molecular formula is C8H11NO4S2. The van der Waals surface area contributed by atoms with Crippen molar-refractivity contribution in [3.8, 4) is 0 Å². The Balaban J connectivity index is 2.25. The quantitative estimate of drug-likeness (QED) is 0.739. The molecule has 2 N–H and O–H groups in total. The van der Waals surface area contributed by atoms with Gasteiger partial charge in [0, 0.05) is 13.1 Å². The predicted molar refractivity (Wildman–Crippen MR) is 55.1 cm³/mol. The maximum absolute atomic E-state index is 11.9. The molecule has 1 fully saturated rings. The Kier molecular flexibility index (Phi) is 2.82. The minimum atomic E-state index is -3.53. The average molecular weight is 249 g/mol. The van der Waals surface area contributed by atoms with Gasteiger partial charge in [-0.25, -0.2) is 8.42 Å². The van der Waals surface area contributed by atoms with E-state index < -0.39 is 22.2 Å². The number of aliphatic hydroxyl groups excluding tert-OH is 2. The fraction of sp³-hybridized carbons (Fsp3) is 0.500. The predicted octanol–water partition coefficient (Wildman–Crippen LogP) is -0.526. The van der Waals surface area contributed by atoms with Crippen LogP contribution in [0.2, 0.25) is 0 Å². The maximum atomic E-state index is 11.9. The van der Waals surface area contributed by atoms with Crippen LogP contribution < -0.4 is 0 Å². The van der Waals surface area contributed by atoms with Crippen molar-refractivity contribution in [2.24, 2.45) is 0 Å². The van der Waals surface area contributed by atoms with Crippen LogP contribution in [0.1, 0.15) is 0 Å². The molecule has 2 heterocycles. The van der Waals surface area contributed by atoms with E-state index in [0.717, 1.165) is 15.6 Å². The number of nitrogens with zero attached hydrogens (tertiary/aromatic N) is 1. The topological polar surface area (TPSA) is 77.8 Å². The van der Waals surface area contributed by atoms with Gasteiger partial charge in [0.15, 0.2) is 0 Å². The van der Waals surface area contributed by atoms with Gasteiger partial charge in [0.2, 0.25) is 0 Å². The molecule has 0 radical (unpaired) electrons. The minimum absolute atomic E-state index is 0.0403. The van der Waals surface area contributed by atoms with Crippen molar-refractivity contribution in [2.75, 3.05) is 13.1 Å². The molecule has 1 aromatic heterocycles. The standard InChI is InChI=1S/C8H11NO4S2/c10-6-4-9(5-7(6)11)15(12,13)8-2-1-3-14-8/h1-3,6-7,10-11H,4-5H2/t6-,7+. The molecule has 7 heteroatoms. The lowest BCUT2D eigenvalue weighted by molar-refractivity contribution is 0.0572. The second-order valence-electron chi connectivity index (χ2n) is 3.39. The van der Waals surface area contributed by atoms with E-state index in [2.05, 4.69) is 0 Å². The van der Waals surface area contributed by atoms with Crippen LogP contribution in [-0.2, 0) is 10.0 Å². The van der Waals surface area contributed by atoms with Crippen LogP contribution in [0.5, 0.6) is 0 Å². The third-order valence-corrected chi connectivity index (χ3v) is 5.52. The molecule has 5 nitrogen and oxygen atoms in total. The maximum Gasteiger partial charge on any atom is 0.252 e. The fourth-order valence-electron chi connectivity index (χ4n) is 1.47. The molecule has 2 rings (SSSR count). The second-order valence-corrected chi connectivity index (χ2v) is 6.50. The third kappa shape index (κ3) is 1.93. The molecule has 15 heavy (non-hydrogen) atoms. The first-order valence-electron chi connectivity index (χ1n) is 4.41. The highest BCUT2D eigenvalue weighted by Gasteiger charge is 2.37. The summed E-state index contributed by atoms with van der Waals surface area (Å²) in [7, 11) is -3.53. The summed E-state index contributed by atoms with van der Waals surface area (Å²) in [4.78, 5) is 0. The fourth-order valence-corrected chi connectivity index (χ4v) is 4.09. The molecule has 0 unspecified atom stereocenters. The Morgan fingerprint density at radius 2 is 1.93 bits per heavy atom. The van der Waals surface area contributed by atoms with Gasteiger partial charge in [-0.3, -0.25) is 0 Å². The van der Waals surface area contributed by atoms with Crippen LogP contribution in [0.25, 0.3) is 0 Å². The molecule has 0 bridgehead atoms. The highest BCUT2D eigenvalue weighted by atomic mass is 32.2. The van der Waals surface area contributed by atoms with Crippen molar-refractivity contribution in [3.05, 3.63) is 17.5 Å². The van der Waals surface area contributed by atoms with Crippen LogP contribution in [0, 0.1) is 0 Å². The van der Waals surface area contributed by atoms with E-state index in [1.165, 1.54) is 6.07 Å². The number of aliphatic hydroxyl groups is 2. The van der Waals surface area contributed by atoms with Gasteiger partial charge < -0.3 is 10.2 Å². The first kappa shape index (κ1) is 11.0. The van der Waals surface area contributed by atoms with E-state index in [9.17, 15) is 18.6 Å². The van der Waals surface area contributed by atoms with Gasteiger partial charge in [-0.15, -0.1) is 11.3 Å². The largest absolute Gasteiger partial charge is 0.389 e. The highest BCUT2D eigenvalue weighted by molar-refractivity contribution is 7.91. The first-order chi connectivity index (χ1) is 7.01. The lowest BCUT2D eigenvalue weighted by Crippen LogP contribution is -2.29. The molecule has 0 spiro atoms. The summed E-state index contributed by atoms with van der Waals surface area (Å²) in [6.07, 6.45) is -1.97. The summed E-state index contributed by atoms with van der Waals surface area (Å²) in [6, 6.07) is 3.16. The first-order valence-corrected chi connectivity index (χ1v) is 6.73. The summed E-state index contributed by atoms with van der Waals surface area (Å²) >= 11 is 1.13. The monoisotopic (exact) mass is 249 g/mol. The molecule has 0 aliphatic carbocycles. The van der Waals surface area contributed by atoms with E-state index in [1.54, 1.807) is 11.4 Å². The zero-order valence-corrected chi connectivity index (χ0v) is 9.41. The van der Waals surface area contributed by atoms with E-state index in [0.29, 0.717) is 0 Å². The van der Waals surface area contributed by atoms with Gasteiger partial charge in [-0.05, 0) is 11.4 Å². The number of hydrogen-bond donors (Lipinski definition) is 2. The lowest BCUT2D eigenvalue weighted by Gasteiger charge is -2.13. The summed E-state index contributed by atoms with van der Waals surface area (Å²) in [5, 5.41) is 20.2. The van der Waals surface area contributed by atoms with E-state index >= 15 is 0 Å². The Morgan fingerprint density at radius 1 is 1.33 bits per heavy atom. The SMILES string of the molecule is O=S(=O)(c1cccs1)N1C[C@@H](O)[C@@H](O)C1. The minimum Gasteiger partial charge on any atom is -0.389 e. The van der Waals surface area contributed by atoms with Crippen molar-refractivity contribution < 1.29 is 18.6 Å². The molecule has 1 aliphatic rings. The summed E-state index contributed by atoms with van der Waals surface area (Å²) < 4.78 is 25.1. The van der Waals surface area contributed by atoms with Crippen molar-refractivity contribution in [1.82, 2.24) is 4.31 Å². The van der Waals surface area contributed by atoms with E-state index in [4.69, 9.17) is 0 Å². The van der Waals surface area contributed by atoms with Crippen molar-refractivity contribution in [2.45, 2.75) is 16.4 Å². The molecule has 0 amide bonds. The Morgan fingerprint density at radius 3 is 2.40 bits per heavy atom. The Bertz CT molecular complexity index is 418. The van der Waals surface area contributed by atoms with Crippen molar-refractivity contribution >= 4 is 21.4 Å². The highest BCUT2D eigenvalue weighted by Crippen LogP contribution is 2.24. The lowest BCUT2D eigenvalue weighted by atomic mass is 10.3. The van der Waals surface area contributed by atoms with Crippen LogP contribution in [0.15, 0.2) is 21.7 Å². The van der Waals surface area contributed by atoms with E-state index in [-0.39, 0.29) is 17.3 Å². The molecule has 0 saturated carbocycles. The van der Waals surface area contributed by atoms with Crippen LogP contribution in [0.4, 0.5) is 0 Å². The molecule has 1 saturated heterocycles. The van der Waals surface area contributed by atoms with Crippen LogP contribution >= 0.6 is 11.3 Å². The molecule has 1 aliphatic heterocycles. The Hall–Kier alpha value is -0.470. The van der Waals surface area contributed by atoms with Crippen LogP contribution in [-0.4, -0.2) is 48.2 Å². The summed E-state index contributed by atoms with van der Waals surface area (Å²) in [5.74, 6) is 0. The van der Waals surface area contributed by atoms with Gasteiger partial charge in [0.25, 0.3) is 10.0 Å². The smallest absolute Gasteiger partial charge is 0.252 e. The molecule has 1 aromatic rings. The molecule has 84 valence electrons. The number of thiophene rings is 1. The average Bonchev–Trinajstić information content (AvgIpc) is 2.77. The van der Waals surface area contributed by atoms with Gasteiger partial charge in [-0.2, -0.15) is 4.31 Å². The number of hydrogen-bond acceptors (Lipinski definition) is 5. The number of β-amino-alcohol motifs (C(OH)–C–C–N with tert-alkyl or cyclic N) is 2. The number of sulfonamides is 1. The van der Waals surface area contributed by atoms with Gasteiger partial charge >= 0.3 is 0 Å². The van der Waals surface area contributed by atoms with Gasteiger partial charge in [-0.1, -0.05) is 6.07 Å². The Labute approximate surface area is 91.6 Å². The molecule has 0 aromatic carbocycles. The van der Waals surface area contributed by atoms with Gasteiger partial charge in [0.1, 0.15) is 4.21 Å². The molecule has 2 atom stereocenters. The normalized spacial score (nSPS) is 28.4. The summed E-state index contributed by atoms with van der Waals surface area (Å²) in [5.41, 5.74) is 0. The van der Waals surface area contributed by atoms with Crippen LogP contribution in [0.3, 0.4) is 0 Å². The van der Waals surface area contributed by atoms with Gasteiger partial charge in [0.05, 0.1) is 12.2 Å². The van der Waals surface area contributed by atoms with Crippen molar-refractivity contribution in [3.63, 3.8) is 0 Å². The number of rotatable bonds is 2. The zero-order chi connectivity index (χ0) is 11.1. The second kappa shape index (κ2) is 3.84. The molecular weight excluding hydrogens is 238 g/mol. The summed E-state index contributed by atoms with van der Waals surface area (Å²) in [6.45, 7) is -0.0806. The van der Waals surface area contributed by atoms with E-state index in [1.807, 2.05) is 0 Å². The zero-order valence-electron chi connectivity index (χ0n) is 7.78. The van der Waals surface area contributed by atoms with Crippen molar-refractivity contribution in [1.29, 1.82) is 0 Å².